The molecule has 2 N–H and O–H groups in total. The van der Waals surface area contributed by atoms with E-state index in [9.17, 15) is 9.18 Å². The number of anilines is 2. The number of carbonyl (C=O) groups is 1. The molecule has 1 aromatic carbocycles. The van der Waals surface area contributed by atoms with Crippen molar-refractivity contribution in [1.29, 1.82) is 0 Å². The number of ether oxygens (including phenoxy) is 2. The molecule has 0 aliphatic carbocycles. The predicted molar refractivity (Wildman–Crippen MR) is 89.2 cm³/mol. The Morgan fingerprint density at radius 2 is 2.12 bits per heavy atom. The lowest BCUT2D eigenvalue weighted by molar-refractivity contribution is 0.109. The van der Waals surface area contributed by atoms with Crippen LogP contribution in [-0.2, 0) is 9.47 Å². The fourth-order valence-corrected chi connectivity index (χ4v) is 3.16. The molecular formula is C16H20FN5O3. The van der Waals surface area contributed by atoms with Crippen LogP contribution in [-0.4, -0.2) is 56.6 Å². The van der Waals surface area contributed by atoms with E-state index in [1.165, 1.54) is 11.0 Å². The second-order valence-corrected chi connectivity index (χ2v) is 6.08. The summed E-state index contributed by atoms with van der Waals surface area (Å²) in [5.41, 5.74) is 6.76. The minimum absolute atomic E-state index is 0.300. The molecule has 0 spiro atoms. The second kappa shape index (κ2) is 6.77. The molecule has 2 saturated heterocycles. The van der Waals surface area contributed by atoms with Gasteiger partial charge in [-0.25, -0.2) is 9.18 Å². The number of hydrazine groups is 2. The molecule has 0 saturated carbocycles. The third kappa shape index (κ3) is 3.33. The van der Waals surface area contributed by atoms with Crippen molar-refractivity contribution in [2.45, 2.75) is 6.10 Å². The number of morpholine rings is 1. The van der Waals surface area contributed by atoms with E-state index < -0.39 is 6.09 Å². The molecule has 3 aliphatic rings. The Hall–Kier alpha value is -2.52. The van der Waals surface area contributed by atoms with E-state index in [4.69, 9.17) is 9.47 Å². The van der Waals surface area contributed by atoms with Crippen molar-refractivity contribution in [3.05, 3.63) is 36.4 Å². The number of carbonyl (C=O) groups excluding carboxylic acids is 1. The summed E-state index contributed by atoms with van der Waals surface area (Å²) >= 11 is 0. The van der Waals surface area contributed by atoms with Crippen LogP contribution >= 0.6 is 0 Å². The summed E-state index contributed by atoms with van der Waals surface area (Å²) in [7, 11) is 0. The number of hydrogen-bond acceptors (Lipinski definition) is 7. The highest BCUT2D eigenvalue weighted by Crippen LogP contribution is 2.28. The van der Waals surface area contributed by atoms with Crippen molar-refractivity contribution < 1.29 is 18.7 Å². The second-order valence-electron chi connectivity index (χ2n) is 6.08. The first-order valence-electron chi connectivity index (χ1n) is 8.25. The smallest absolute Gasteiger partial charge is 0.414 e. The molecule has 1 aromatic rings. The largest absolute Gasteiger partial charge is 0.442 e. The maximum Gasteiger partial charge on any atom is 0.414 e. The van der Waals surface area contributed by atoms with E-state index >= 15 is 0 Å². The third-order valence-corrected chi connectivity index (χ3v) is 4.42. The van der Waals surface area contributed by atoms with E-state index in [0.29, 0.717) is 50.8 Å². The standard InChI is InChI=1S/C16H20FN5O3/c17-14-9-12(1-2-15(14)20-5-7-24-8-6-20)22-11-13(25-16(22)23)10-21-4-3-18-19-21/h1-4,9,13,18-19H,5-8,10-11H2/t13-/m0/s1. The molecule has 0 radical (unpaired) electrons. The maximum absolute atomic E-state index is 14.5. The van der Waals surface area contributed by atoms with Gasteiger partial charge in [-0.05, 0) is 18.2 Å². The highest BCUT2D eigenvalue weighted by Gasteiger charge is 2.34. The van der Waals surface area contributed by atoms with E-state index in [1.54, 1.807) is 23.3 Å². The van der Waals surface area contributed by atoms with Gasteiger partial charge in [0.2, 0.25) is 0 Å². The number of amides is 1. The number of halogens is 1. The Morgan fingerprint density at radius 1 is 1.28 bits per heavy atom. The summed E-state index contributed by atoms with van der Waals surface area (Å²) < 4.78 is 25.2. The summed E-state index contributed by atoms with van der Waals surface area (Å²) in [5.74, 6) is -0.344. The molecule has 0 bridgehead atoms. The molecule has 3 heterocycles. The van der Waals surface area contributed by atoms with Crippen LogP contribution in [0.25, 0.3) is 0 Å². The summed E-state index contributed by atoms with van der Waals surface area (Å²) in [4.78, 5) is 15.6. The van der Waals surface area contributed by atoms with Gasteiger partial charge in [0.25, 0.3) is 0 Å². The van der Waals surface area contributed by atoms with E-state index in [0.717, 1.165) is 0 Å². The van der Waals surface area contributed by atoms with Crippen LogP contribution < -0.4 is 20.8 Å². The molecule has 25 heavy (non-hydrogen) atoms. The van der Waals surface area contributed by atoms with Crippen LogP contribution in [0.4, 0.5) is 20.6 Å². The zero-order valence-electron chi connectivity index (χ0n) is 13.7. The fourth-order valence-electron chi connectivity index (χ4n) is 3.16. The average molecular weight is 349 g/mol. The molecular weight excluding hydrogens is 329 g/mol. The topological polar surface area (TPSA) is 69.3 Å². The van der Waals surface area contributed by atoms with E-state index in [-0.39, 0.29) is 11.9 Å². The highest BCUT2D eigenvalue weighted by molar-refractivity contribution is 5.90. The summed E-state index contributed by atoms with van der Waals surface area (Å²) in [6, 6.07) is 4.86. The lowest BCUT2D eigenvalue weighted by atomic mass is 10.2. The van der Waals surface area contributed by atoms with Crippen LogP contribution in [0, 0.1) is 5.82 Å². The number of cyclic esters (lactones) is 1. The molecule has 1 atom stereocenters. The minimum Gasteiger partial charge on any atom is -0.442 e. The Morgan fingerprint density at radius 3 is 2.84 bits per heavy atom. The highest BCUT2D eigenvalue weighted by atomic mass is 19.1. The molecule has 9 heteroatoms. The van der Waals surface area contributed by atoms with Crippen LogP contribution in [0.1, 0.15) is 0 Å². The molecule has 3 aliphatic heterocycles. The van der Waals surface area contributed by atoms with Crippen molar-refractivity contribution in [1.82, 2.24) is 16.0 Å². The summed E-state index contributed by atoms with van der Waals surface area (Å²) in [6.45, 7) is 3.38. The number of nitrogens with one attached hydrogen (secondary N) is 2. The Kier molecular flexibility index (Phi) is 4.33. The quantitative estimate of drug-likeness (QED) is 0.833. The van der Waals surface area contributed by atoms with Crippen LogP contribution in [0.5, 0.6) is 0 Å². The first kappa shape index (κ1) is 16.0. The Bertz CT molecular complexity index is 680. The van der Waals surface area contributed by atoms with Gasteiger partial charge in [0.05, 0.1) is 37.7 Å². The van der Waals surface area contributed by atoms with Gasteiger partial charge >= 0.3 is 6.09 Å². The number of nitrogens with zero attached hydrogens (tertiary/aromatic N) is 3. The SMILES string of the molecule is O=C1O[C@@H](CN2C=CNN2)CN1c1ccc(N2CCOCC2)c(F)c1. The van der Waals surface area contributed by atoms with Crippen molar-refractivity contribution in [3.63, 3.8) is 0 Å². The zero-order chi connectivity index (χ0) is 17.2. The molecule has 0 unspecified atom stereocenters. The van der Waals surface area contributed by atoms with Crippen LogP contribution in [0.15, 0.2) is 30.6 Å². The number of hydrogen-bond donors (Lipinski definition) is 2. The third-order valence-electron chi connectivity index (χ3n) is 4.42. The molecule has 2 fully saturated rings. The van der Waals surface area contributed by atoms with Crippen LogP contribution in [0.2, 0.25) is 0 Å². The summed E-state index contributed by atoms with van der Waals surface area (Å²) in [6.07, 6.45) is 2.80. The minimum atomic E-state index is -0.459. The monoisotopic (exact) mass is 349 g/mol. The van der Waals surface area contributed by atoms with Gasteiger partial charge < -0.3 is 19.8 Å². The lowest BCUT2D eigenvalue weighted by Crippen LogP contribution is -2.41. The first-order chi connectivity index (χ1) is 12.2. The Labute approximate surface area is 144 Å². The van der Waals surface area contributed by atoms with Crippen molar-refractivity contribution in [2.75, 3.05) is 49.2 Å². The van der Waals surface area contributed by atoms with Gasteiger partial charge in [-0.3, -0.25) is 9.91 Å². The van der Waals surface area contributed by atoms with Gasteiger partial charge in [0, 0.05) is 25.5 Å². The van der Waals surface area contributed by atoms with Gasteiger partial charge in [-0.15, -0.1) is 5.53 Å². The number of benzene rings is 1. The van der Waals surface area contributed by atoms with E-state index in [2.05, 4.69) is 11.0 Å². The summed E-state index contributed by atoms with van der Waals surface area (Å²) in [5, 5.41) is 1.78. The van der Waals surface area contributed by atoms with Gasteiger partial charge in [0.1, 0.15) is 11.9 Å². The predicted octanol–water partition coefficient (Wildman–Crippen LogP) is 0.783. The van der Waals surface area contributed by atoms with E-state index in [1.807, 2.05) is 11.1 Å². The zero-order valence-corrected chi connectivity index (χ0v) is 13.7. The normalized spacial score (nSPS) is 23.2. The first-order valence-corrected chi connectivity index (χ1v) is 8.25. The van der Waals surface area contributed by atoms with Gasteiger partial charge in [-0.1, -0.05) is 0 Å². The van der Waals surface area contributed by atoms with Gasteiger partial charge in [-0.2, -0.15) is 0 Å². The maximum atomic E-state index is 14.5. The molecule has 1 amide bonds. The van der Waals surface area contributed by atoms with Crippen molar-refractivity contribution >= 4 is 17.5 Å². The van der Waals surface area contributed by atoms with Gasteiger partial charge in [0.15, 0.2) is 0 Å². The average Bonchev–Trinajstić information content (AvgIpc) is 3.25. The lowest BCUT2D eigenvalue weighted by Gasteiger charge is -2.29. The van der Waals surface area contributed by atoms with Crippen molar-refractivity contribution in [2.24, 2.45) is 0 Å². The molecule has 4 rings (SSSR count). The molecule has 134 valence electrons. The van der Waals surface area contributed by atoms with Crippen molar-refractivity contribution in [3.8, 4) is 0 Å². The molecule has 0 aromatic heterocycles. The fraction of sp³-hybridized carbons (Fsp3) is 0.438. The Balaban J connectivity index is 1.45. The van der Waals surface area contributed by atoms with Crippen LogP contribution in [0.3, 0.4) is 0 Å². The number of rotatable bonds is 4. The molecule has 8 nitrogen and oxygen atoms in total.